The van der Waals surface area contributed by atoms with Crippen LogP contribution in [0.1, 0.15) is 27.6 Å². The lowest BCUT2D eigenvalue weighted by Gasteiger charge is -2.07. The lowest BCUT2D eigenvalue weighted by atomic mass is 10.1. The van der Waals surface area contributed by atoms with Crippen LogP contribution >= 0.6 is 0 Å². The van der Waals surface area contributed by atoms with E-state index in [2.05, 4.69) is 6.58 Å². The van der Waals surface area contributed by atoms with Crippen molar-refractivity contribution in [1.82, 2.24) is 0 Å². The summed E-state index contributed by atoms with van der Waals surface area (Å²) in [6.45, 7) is 4.44. The summed E-state index contributed by atoms with van der Waals surface area (Å²) in [4.78, 5) is 34.4. The molecule has 0 atom stereocenters. The molecule has 0 fully saturated rings. The summed E-state index contributed by atoms with van der Waals surface area (Å²) in [6.07, 6.45) is 0. The standard InChI is InChI=1S/C16H18O7/c1-11(2)14(18)22-9-10-23-16(20)13-5-3-12(4-6-13)15(19)21-8-7-17/h3-6,17H,1,7-10H2,2H3. The van der Waals surface area contributed by atoms with Gasteiger partial charge in [-0.3, -0.25) is 0 Å². The number of carbonyl (C=O) groups excluding carboxylic acids is 3. The van der Waals surface area contributed by atoms with Gasteiger partial charge in [-0.1, -0.05) is 6.58 Å². The van der Waals surface area contributed by atoms with Crippen LogP contribution in [0.4, 0.5) is 0 Å². The maximum Gasteiger partial charge on any atom is 0.338 e. The molecule has 0 aliphatic rings. The van der Waals surface area contributed by atoms with Gasteiger partial charge in [-0.15, -0.1) is 0 Å². The first-order chi connectivity index (χ1) is 11.0. The van der Waals surface area contributed by atoms with E-state index in [0.29, 0.717) is 0 Å². The van der Waals surface area contributed by atoms with Crippen molar-refractivity contribution in [3.63, 3.8) is 0 Å². The molecule has 1 aromatic carbocycles. The van der Waals surface area contributed by atoms with E-state index in [-0.39, 0.29) is 43.1 Å². The Bertz CT molecular complexity index is 575. The zero-order valence-electron chi connectivity index (χ0n) is 12.7. The molecule has 0 radical (unpaired) electrons. The van der Waals surface area contributed by atoms with Crippen molar-refractivity contribution >= 4 is 17.9 Å². The number of benzene rings is 1. The first kappa shape index (κ1) is 18.4. The normalized spacial score (nSPS) is 9.83. The Labute approximate surface area is 133 Å². The minimum Gasteiger partial charge on any atom is -0.460 e. The maximum atomic E-state index is 11.7. The quantitative estimate of drug-likeness (QED) is 0.331. The molecule has 0 aliphatic heterocycles. The van der Waals surface area contributed by atoms with E-state index in [1.807, 2.05) is 0 Å². The molecule has 7 heteroatoms. The Morgan fingerprint density at radius 2 is 1.35 bits per heavy atom. The van der Waals surface area contributed by atoms with E-state index < -0.39 is 17.9 Å². The number of carbonyl (C=O) groups is 3. The number of aliphatic hydroxyl groups excluding tert-OH is 1. The van der Waals surface area contributed by atoms with E-state index in [1.165, 1.54) is 31.2 Å². The predicted molar refractivity (Wildman–Crippen MR) is 79.9 cm³/mol. The Hall–Kier alpha value is -2.67. The Balaban J connectivity index is 2.43. The van der Waals surface area contributed by atoms with Gasteiger partial charge in [-0.2, -0.15) is 0 Å². The van der Waals surface area contributed by atoms with Crippen LogP contribution in [0, 0.1) is 0 Å². The SMILES string of the molecule is C=C(C)C(=O)OCCOC(=O)c1ccc(C(=O)OCCO)cc1. The number of hydrogen-bond acceptors (Lipinski definition) is 7. The van der Waals surface area contributed by atoms with Crippen LogP contribution in [-0.4, -0.2) is 49.4 Å². The molecule has 0 unspecified atom stereocenters. The van der Waals surface area contributed by atoms with Gasteiger partial charge in [0.2, 0.25) is 0 Å². The van der Waals surface area contributed by atoms with Crippen molar-refractivity contribution in [2.45, 2.75) is 6.92 Å². The second-order valence-electron chi connectivity index (χ2n) is 4.49. The average molecular weight is 322 g/mol. The van der Waals surface area contributed by atoms with E-state index in [9.17, 15) is 14.4 Å². The highest BCUT2D eigenvalue weighted by atomic mass is 16.6. The number of rotatable bonds is 8. The number of aliphatic hydroxyl groups is 1. The summed E-state index contributed by atoms with van der Waals surface area (Å²) in [7, 11) is 0. The molecule has 0 heterocycles. The third-order valence-electron chi connectivity index (χ3n) is 2.58. The highest BCUT2D eigenvalue weighted by Crippen LogP contribution is 2.07. The first-order valence-electron chi connectivity index (χ1n) is 6.83. The largest absolute Gasteiger partial charge is 0.460 e. The molecule has 1 rings (SSSR count). The van der Waals surface area contributed by atoms with Gasteiger partial charge < -0.3 is 19.3 Å². The molecule has 0 saturated heterocycles. The molecule has 0 bridgehead atoms. The molecule has 124 valence electrons. The molecular weight excluding hydrogens is 304 g/mol. The number of hydrogen-bond donors (Lipinski definition) is 1. The van der Waals surface area contributed by atoms with Crippen molar-refractivity contribution < 1.29 is 33.7 Å². The van der Waals surface area contributed by atoms with E-state index >= 15 is 0 Å². The van der Waals surface area contributed by atoms with Gasteiger partial charge in [0.05, 0.1) is 17.7 Å². The fraction of sp³-hybridized carbons (Fsp3) is 0.312. The summed E-state index contributed by atoms with van der Waals surface area (Å²) in [5.74, 6) is -1.75. The summed E-state index contributed by atoms with van der Waals surface area (Å²) >= 11 is 0. The van der Waals surface area contributed by atoms with Gasteiger partial charge in [0.15, 0.2) is 0 Å². The summed E-state index contributed by atoms with van der Waals surface area (Å²) < 4.78 is 14.4. The van der Waals surface area contributed by atoms with Crippen LogP contribution in [0.25, 0.3) is 0 Å². The van der Waals surface area contributed by atoms with E-state index in [1.54, 1.807) is 0 Å². The molecular formula is C16H18O7. The fourth-order valence-electron chi connectivity index (χ4n) is 1.44. The Kier molecular flexibility index (Phi) is 7.49. The van der Waals surface area contributed by atoms with Crippen LogP contribution in [0.5, 0.6) is 0 Å². The molecule has 0 spiro atoms. The monoisotopic (exact) mass is 322 g/mol. The van der Waals surface area contributed by atoms with Crippen LogP contribution in [0.2, 0.25) is 0 Å². The zero-order chi connectivity index (χ0) is 17.2. The molecule has 23 heavy (non-hydrogen) atoms. The van der Waals surface area contributed by atoms with Gasteiger partial charge in [0.1, 0.15) is 19.8 Å². The molecule has 0 amide bonds. The van der Waals surface area contributed by atoms with Crippen molar-refractivity contribution in [3.8, 4) is 0 Å². The fourth-order valence-corrected chi connectivity index (χ4v) is 1.44. The summed E-state index contributed by atoms with van der Waals surface area (Å²) in [5.41, 5.74) is 0.764. The number of esters is 3. The van der Waals surface area contributed by atoms with Gasteiger partial charge in [0.25, 0.3) is 0 Å². The smallest absolute Gasteiger partial charge is 0.338 e. The Morgan fingerprint density at radius 3 is 1.78 bits per heavy atom. The lowest BCUT2D eigenvalue weighted by molar-refractivity contribution is -0.140. The minimum absolute atomic E-state index is 0.0665. The molecule has 0 saturated carbocycles. The van der Waals surface area contributed by atoms with Gasteiger partial charge in [-0.25, -0.2) is 14.4 Å². The predicted octanol–water partition coefficient (Wildman–Crippen LogP) is 1.11. The first-order valence-corrected chi connectivity index (χ1v) is 6.83. The van der Waals surface area contributed by atoms with E-state index in [0.717, 1.165) is 0 Å². The molecule has 0 aromatic heterocycles. The van der Waals surface area contributed by atoms with Crippen LogP contribution in [0.3, 0.4) is 0 Å². The van der Waals surface area contributed by atoms with Crippen LogP contribution in [0.15, 0.2) is 36.4 Å². The zero-order valence-corrected chi connectivity index (χ0v) is 12.7. The Morgan fingerprint density at radius 1 is 0.913 bits per heavy atom. The summed E-state index contributed by atoms with van der Waals surface area (Å²) in [5, 5.41) is 8.57. The van der Waals surface area contributed by atoms with Gasteiger partial charge in [0, 0.05) is 5.57 Å². The van der Waals surface area contributed by atoms with Gasteiger partial charge >= 0.3 is 17.9 Å². The topological polar surface area (TPSA) is 99.1 Å². The van der Waals surface area contributed by atoms with Crippen molar-refractivity contribution in [1.29, 1.82) is 0 Å². The molecule has 1 aromatic rings. The second-order valence-corrected chi connectivity index (χ2v) is 4.49. The third-order valence-corrected chi connectivity index (χ3v) is 2.58. The lowest BCUT2D eigenvalue weighted by Crippen LogP contribution is -2.14. The molecule has 7 nitrogen and oxygen atoms in total. The van der Waals surface area contributed by atoms with E-state index in [4.69, 9.17) is 19.3 Å². The maximum absolute atomic E-state index is 11.7. The summed E-state index contributed by atoms with van der Waals surface area (Å²) in [6, 6.07) is 5.66. The number of ether oxygens (including phenoxy) is 3. The van der Waals surface area contributed by atoms with Gasteiger partial charge in [-0.05, 0) is 31.2 Å². The van der Waals surface area contributed by atoms with Crippen LogP contribution < -0.4 is 0 Å². The van der Waals surface area contributed by atoms with Crippen molar-refractivity contribution in [2.24, 2.45) is 0 Å². The third kappa shape index (κ3) is 6.31. The highest BCUT2D eigenvalue weighted by Gasteiger charge is 2.11. The highest BCUT2D eigenvalue weighted by molar-refractivity contribution is 5.93. The second kappa shape index (κ2) is 9.37. The van der Waals surface area contributed by atoms with Crippen molar-refractivity contribution in [3.05, 3.63) is 47.5 Å². The van der Waals surface area contributed by atoms with Crippen molar-refractivity contribution in [2.75, 3.05) is 26.4 Å². The minimum atomic E-state index is -0.605. The average Bonchev–Trinajstić information content (AvgIpc) is 2.56. The van der Waals surface area contributed by atoms with Crippen LogP contribution in [-0.2, 0) is 19.0 Å². The molecule has 1 N–H and O–H groups in total. The molecule has 0 aliphatic carbocycles.